The van der Waals surface area contributed by atoms with Gasteiger partial charge in [0.05, 0.1) is 0 Å². The van der Waals surface area contributed by atoms with E-state index in [1.807, 2.05) is 24.3 Å². The van der Waals surface area contributed by atoms with Crippen molar-refractivity contribution in [3.8, 4) is 5.75 Å². The molecule has 1 aromatic carbocycles. The Morgan fingerprint density at radius 2 is 1.80 bits per heavy atom. The van der Waals surface area contributed by atoms with Crippen LogP contribution in [0.3, 0.4) is 0 Å². The molecule has 1 nitrogen and oxygen atoms in total. The van der Waals surface area contributed by atoms with Crippen LogP contribution in [0.4, 0.5) is 0 Å². The Kier molecular flexibility index (Phi) is 4.87. The van der Waals surface area contributed by atoms with Gasteiger partial charge in [-0.15, -0.1) is 11.3 Å². The molecule has 1 heterocycles. The number of aromatic hydroxyl groups is 1. The molecule has 0 saturated carbocycles. The Balaban J connectivity index is 2.57. The first-order valence-electron chi connectivity index (χ1n) is 7.48. The van der Waals surface area contributed by atoms with E-state index in [4.69, 9.17) is 0 Å². The van der Waals surface area contributed by atoms with Crippen LogP contribution in [0.15, 0.2) is 35.7 Å². The lowest BCUT2D eigenvalue weighted by Gasteiger charge is -2.34. The molecule has 20 heavy (non-hydrogen) atoms. The second-order valence-corrected chi connectivity index (χ2v) is 6.51. The second kappa shape index (κ2) is 6.45. The van der Waals surface area contributed by atoms with Crippen LogP contribution in [-0.2, 0) is 5.41 Å². The van der Waals surface area contributed by atoms with Crippen LogP contribution >= 0.6 is 11.3 Å². The smallest absolute Gasteiger partial charge is 0.118 e. The summed E-state index contributed by atoms with van der Waals surface area (Å²) in [6.07, 6.45) is 4.65. The fourth-order valence-corrected chi connectivity index (χ4v) is 4.17. The van der Waals surface area contributed by atoms with Crippen LogP contribution in [0.2, 0.25) is 0 Å². The summed E-state index contributed by atoms with van der Waals surface area (Å²) >= 11 is 1.85. The van der Waals surface area contributed by atoms with E-state index in [2.05, 4.69) is 43.5 Å². The molecule has 0 bridgehead atoms. The summed E-state index contributed by atoms with van der Waals surface area (Å²) in [5.74, 6) is 0.391. The van der Waals surface area contributed by atoms with Gasteiger partial charge in [0, 0.05) is 10.3 Å². The highest BCUT2D eigenvalue weighted by molar-refractivity contribution is 7.10. The molecule has 0 aliphatic rings. The van der Waals surface area contributed by atoms with Gasteiger partial charge >= 0.3 is 0 Å². The Morgan fingerprint density at radius 1 is 1.10 bits per heavy atom. The number of aryl methyl sites for hydroxylation is 1. The summed E-state index contributed by atoms with van der Waals surface area (Å²) in [6, 6.07) is 10.5. The number of rotatable bonds is 6. The highest BCUT2D eigenvalue weighted by Crippen LogP contribution is 2.43. The lowest BCUT2D eigenvalue weighted by molar-refractivity contribution is 0.430. The summed E-state index contributed by atoms with van der Waals surface area (Å²) in [5, 5.41) is 12.0. The average Bonchev–Trinajstić information content (AvgIpc) is 2.96. The van der Waals surface area contributed by atoms with Crippen LogP contribution in [0.5, 0.6) is 5.75 Å². The molecule has 1 aromatic heterocycles. The topological polar surface area (TPSA) is 20.2 Å². The largest absolute Gasteiger partial charge is 0.508 e. The molecule has 0 aliphatic heterocycles. The molecule has 0 amide bonds. The highest BCUT2D eigenvalue weighted by Gasteiger charge is 2.33. The maximum Gasteiger partial charge on any atom is 0.118 e. The van der Waals surface area contributed by atoms with Gasteiger partial charge in [0.1, 0.15) is 5.75 Å². The number of phenolic OH excluding ortho intramolecular Hbond substituents is 1. The molecule has 2 aromatic rings. The molecule has 2 heteroatoms. The van der Waals surface area contributed by atoms with E-state index in [-0.39, 0.29) is 5.41 Å². The number of thiophene rings is 1. The lowest BCUT2D eigenvalue weighted by Crippen LogP contribution is -2.26. The fraction of sp³-hybridized carbons (Fsp3) is 0.444. The first kappa shape index (κ1) is 15.1. The van der Waals surface area contributed by atoms with Crippen molar-refractivity contribution in [2.75, 3.05) is 0 Å². The minimum absolute atomic E-state index is 0.107. The Bertz CT molecular complexity index is 537. The van der Waals surface area contributed by atoms with Crippen molar-refractivity contribution in [3.05, 3.63) is 51.7 Å². The number of benzene rings is 1. The van der Waals surface area contributed by atoms with E-state index in [9.17, 15) is 5.11 Å². The van der Waals surface area contributed by atoms with Crippen molar-refractivity contribution in [2.24, 2.45) is 0 Å². The SMILES string of the molecule is CCCC(CCC)(c1ccc(O)c(C)c1)c1cccs1. The van der Waals surface area contributed by atoms with Crippen molar-refractivity contribution >= 4 is 11.3 Å². The minimum Gasteiger partial charge on any atom is -0.508 e. The molecule has 0 aliphatic carbocycles. The zero-order chi connectivity index (χ0) is 14.6. The van der Waals surface area contributed by atoms with Gasteiger partial charge in [0.15, 0.2) is 0 Å². The zero-order valence-corrected chi connectivity index (χ0v) is 13.5. The third-order valence-electron chi connectivity index (χ3n) is 4.10. The van der Waals surface area contributed by atoms with Crippen LogP contribution < -0.4 is 0 Å². The van der Waals surface area contributed by atoms with Gasteiger partial charge in [-0.2, -0.15) is 0 Å². The van der Waals surface area contributed by atoms with E-state index in [1.54, 1.807) is 0 Å². The molecule has 0 radical (unpaired) electrons. The van der Waals surface area contributed by atoms with Crippen molar-refractivity contribution in [1.82, 2.24) is 0 Å². The van der Waals surface area contributed by atoms with Crippen LogP contribution in [0.25, 0.3) is 0 Å². The molecule has 0 atom stereocenters. The van der Waals surface area contributed by atoms with Crippen LogP contribution in [0.1, 0.15) is 55.5 Å². The number of hydrogen-bond acceptors (Lipinski definition) is 2. The monoisotopic (exact) mass is 288 g/mol. The maximum absolute atomic E-state index is 9.80. The predicted molar refractivity (Wildman–Crippen MR) is 87.8 cm³/mol. The molecular formula is C18H24OS. The van der Waals surface area contributed by atoms with E-state index in [0.717, 1.165) is 31.2 Å². The second-order valence-electron chi connectivity index (χ2n) is 5.56. The van der Waals surface area contributed by atoms with E-state index in [1.165, 1.54) is 10.4 Å². The van der Waals surface area contributed by atoms with Gasteiger partial charge in [-0.1, -0.05) is 44.9 Å². The zero-order valence-electron chi connectivity index (χ0n) is 12.6. The molecule has 0 unspecified atom stereocenters. The predicted octanol–water partition coefficient (Wildman–Crippen LogP) is 5.65. The van der Waals surface area contributed by atoms with Gasteiger partial charge < -0.3 is 5.11 Å². The first-order chi connectivity index (χ1) is 9.64. The van der Waals surface area contributed by atoms with Crippen molar-refractivity contribution < 1.29 is 5.11 Å². The third-order valence-corrected chi connectivity index (χ3v) is 5.17. The number of phenols is 1. The molecule has 2 rings (SSSR count). The summed E-state index contributed by atoms with van der Waals surface area (Å²) in [7, 11) is 0. The third kappa shape index (κ3) is 2.76. The van der Waals surface area contributed by atoms with Gasteiger partial charge in [-0.05, 0) is 48.4 Å². The average molecular weight is 288 g/mol. The van der Waals surface area contributed by atoms with E-state index < -0.39 is 0 Å². The van der Waals surface area contributed by atoms with Gasteiger partial charge in [0.25, 0.3) is 0 Å². The first-order valence-corrected chi connectivity index (χ1v) is 8.36. The molecular weight excluding hydrogens is 264 g/mol. The maximum atomic E-state index is 9.80. The summed E-state index contributed by atoms with van der Waals surface area (Å²) in [4.78, 5) is 1.45. The Hall–Kier alpha value is -1.28. The van der Waals surface area contributed by atoms with Crippen molar-refractivity contribution in [1.29, 1.82) is 0 Å². The Labute approximate surface area is 126 Å². The van der Waals surface area contributed by atoms with E-state index >= 15 is 0 Å². The van der Waals surface area contributed by atoms with Gasteiger partial charge in [0.2, 0.25) is 0 Å². The lowest BCUT2D eigenvalue weighted by atomic mass is 9.72. The van der Waals surface area contributed by atoms with Gasteiger partial charge in [-0.25, -0.2) is 0 Å². The van der Waals surface area contributed by atoms with Crippen LogP contribution in [-0.4, -0.2) is 5.11 Å². The van der Waals surface area contributed by atoms with E-state index in [0.29, 0.717) is 5.75 Å². The standard InChI is InChI=1S/C18H24OS/c1-4-10-18(11-5-2,17-7-6-12-20-17)15-8-9-16(19)14(3)13-15/h6-9,12-13,19H,4-5,10-11H2,1-3H3. The fourth-order valence-electron chi connectivity index (χ4n) is 3.16. The quantitative estimate of drug-likeness (QED) is 0.728. The molecule has 0 saturated heterocycles. The summed E-state index contributed by atoms with van der Waals surface area (Å²) in [5.41, 5.74) is 2.42. The molecule has 108 valence electrons. The Morgan fingerprint density at radius 3 is 2.30 bits per heavy atom. The highest BCUT2D eigenvalue weighted by atomic mass is 32.1. The normalized spacial score (nSPS) is 11.8. The van der Waals surface area contributed by atoms with Crippen molar-refractivity contribution in [3.63, 3.8) is 0 Å². The molecule has 0 fully saturated rings. The number of hydrogen-bond donors (Lipinski definition) is 1. The van der Waals surface area contributed by atoms with Crippen molar-refractivity contribution in [2.45, 2.75) is 51.9 Å². The summed E-state index contributed by atoms with van der Waals surface area (Å²) < 4.78 is 0. The molecule has 0 spiro atoms. The van der Waals surface area contributed by atoms with Gasteiger partial charge in [-0.3, -0.25) is 0 Å². The van der Waals surface area contributed by atoms with Crippen LogP contribution in [0, 0.1) is 6.92 Å². The minimum atomic E-state index is 0.107. The molecule has 1 N–H and O–H groups in total. The summed E-state index contributed by atoms with van der Waals surface area (Å²) in [6.45, 7) is 6.49.